The van der Waals surface area contributed by atoms with Gasteiger partial charge in [0.1, 0.15) is 0 Å². The number of hydrogen-bond donors (Lipinski definition) is 0. The highest BCUT2D eigenvalue weighted by Crippen LogP contribution is 2.34. The Kier molecular flexibility index (Phi) is 3.44. The number of benzene rings is 1. The van der Waals surface area contributed by atoms with Gasteiger partial charge in [0.25, 0.3) is 5.91 Å². The van der Waals surface area contributed by atoms with E-state index in [9.17, 15) is 9.59 Å². The highest BCUT2D eigenvalue weighted by Gasteiger charge is 2.38. The number of amides is 1. The topological polar surface area (TPSA) is 37.4 Å². The van der Waals surface area contributed by atoms with E-state index in [1.807, 2.05) is 12.1 Å². The van der Waals surface area contributed by atoms with Gasteiger partial charge in [-0.1, -0.05) is 38.1 Å². The van der Waals surface area contributed by atoms with Crippen LogP contribution in [0.25, 0.3) is 0 Å². The fourth-order valence-electron chi connectivity index (χ4n) is 3.46. The Morgan fingerprint density at radius 1 is 1.29 bits per heavy atom. The Bertz CT molecular complexity index is 630. The Labute approximate surface area is 125 Å². The van der Waals surface area contributed by atoms with Gasteiger partial charge in [0.2, 0.25) is 0 Å². The largest absolute Gasteiger partial charge is 0.324 e. The molecular formula is C18H21NO2. The lowest BCUT2D eigenvalue weighted by molar-refractivity contribution is -0.124. The van der Waals surface area contributed by atoms with Crippen LogP contribution in [-0.2, 0) is 11.3 Å². The number of hydrogen-bond acceptors (Lipinski definition) is 2. The van der Waals surface area contributed by atoms with Gasteiger partial charge in [-0.25, -0.2) is 0 Å². The highest BCUT2D eigenvalue weighted by atomic mass is 16.2. The minimum atomic E-state index is -0.268. The molecule has 0 radical (unpaired) electrons. The first-order chi connectivity index (χ1) is 9.99. The van der Waals surface area contributed by atoms with Crippen LogP contribution in [-0.4, -0.2) is 22.6 Å². The van der Waals surface area contributed by atoms with Crippen molar-refractivity contribution in [1.29, 1.82) is 0 Å². The summed E-state index contributed by atoms with van der Waals surface area (Å²) >= 11 is 0. The second-order valence-electron chi connectivity index (χ2n) is 6.41. The third-order valence-electron chi connectivity index (χ3n) is 4.60. The molecule has 1 aliphatic heterocycles. The van der Waals surface area contributed by atoms with Crippen LogP contribution in [0.15, 0.2) is 30.4 Å². The van der Waals surface area contributed by atoms with Crippen molar-refractivity contribution in [2.75, 3.05) is 0 Å². The summed E-state index contributed by atoms with van der Waals surface area (Å²) in [4.78, 5) is 26.7. The lowest BCUT2D eigenvalue weighted by atomic mass is 9.89. The standard InChI is InChI=1S/C18H21NO2/c1-11(2)13-5-4-6-14-15(13)10-19(18(14)21)16-8-7-12(3)9-17(16)20/h4-6,11,16H,3,7-10H2,1-2H3. The van der Waals surface area contributed by atoms with Crippen molar-refractivity contribution in [3.8, 4) is 0 Å². The molecule has 1 aromatic carbocycles. The van der Waals surface area contributed by atoms with Crippen LogP contribution in [0.4, 0.5) is 0 Å². The average Bonchev–Trinajstić information content (AvgIpc) is 2.76. The normalized spacial score (nSPS) is 22.1. The van der Waals surface area contributed by atoms with Gasteiger partial charge in [-0.3, -0.25) is 9.59 Å². The molecule has 1 aromatic rings. The van der Waals surface area contributed by atoms with Crippen LogP contribution in [0.3, 0.4) is 0 Å². The first kappa shape index (κ1) is 14.1. The summed E-state index contributed by atoms with van der Waals surface area (Å²) in [5.41, 5.74) is 4.09. The average molecular weight is 283 g/mol. The van der Waals surface area contributed by atoms with Crippen molar-refractivity contribution in [3.05, 3.63) is 47.0 Å². The van der Waals surface area contributed by atoms with Gasteiger partial charge in [0.05, 0.1) is 6.04 Å². The zero-order valence-corrected chi connectivity index (χ0v) is 12.7. The summed E-state index contributed by atoms with van der Waals surface area (Å²) in [6.07, 6.45) is 1.98. The van der Waals surface area contributed by atoms with E-state index in [0.29, 0.717) is 25.3 Å². The summed E-state index contributed by atoms with van der Waals surface area (Å²) < 4.78 is 0. The molecule has 21 heavy (non-hydrogen) atoms. The van der Waals surface area contributed by atoms with E-state index in [0.717, 1.165) is 23.1 Å². The molecule has 110 valence electrons. The number of Topliss-reactive ketones (excluding diaryl/α,β-unsaturated/α-hetero) is 1. The predicted molar refractivity (Wildman–Crippen MR) is 82.2 cm³/mol. The second kappa shape index (κ2) is 5.14. The van der Waals surface area contributed by atoms with Crippen molar-refractivity contribution in [2.45, 2.75) is 51.6 Å². The molecule has 2 aliphatic rings. The van der Waals surface area contributed by atoms with Gasteiger partial charge in [-0.15, -0.1) is 0 Å². The van der Waals surface area contributed by atoms with E-state index in [1.165, 1.54) is 5.56 Å². The van der Waals surface area contributed by atoms with E-state index in [-0.39, 0.29) is 17.7 Å². The molecule has 0 saturated heterocycles. The summed E-state index contributed by atoms with van der Waals surface area (Å²) in [5, 5.41) is 0. The zero-order valence-electron chi connectivity index (χ0n) is 12.7. The number of carbonyl (C=O) groups excluding carboxylic acids is 2. The van der Waals surface area contributed by atoms with Gasteiger partial charge in [-0.05, 0) is 36.0 Å². The number of nitrogens with zero attached hydrogens (tertiary/aromatic N) is 1. The number of carbonyl (C=O) groups is 2. The Morgan fingerprint density at radius 2 is 2.05 bits per heavy atom. The van der Waals surface area contributed by atoms with Gasteiger partial charge < -0.3 is 4.90 Å². The van der Waals surface area contributed by atoms with Gasteiger partial charge in [0, 0.05) is 18.5 Å². The Morgan fingerprint density at radius 3 is 2.71 bits per heavy atom. The summed E-state index contributed by atoms with van der Waals surface area (Å²) in [6, 6.07) is 5.65. The molecular weight excluding hydrogens is 262 g/mol. The summed E-state index contributed by atoms with van der Waals surface area (Å²) in [5.74, 6) is 0.534. The number of allylic oxidation sites excluding steroid dienone is 1. The molecule has 3 heteroatoms. The zero-order chi connectivity index (χ0) is 15.1. The Balaban J connectivity index is 1.92. The molecule has 0 aromatic heterocycles. The molecule has 1 aliphatic carbocycles. The number of ketones is 1. The third-order valence-corrected chi connectivity index (χ3v) is 4.60. The molecule has 3 rings (SSSR count). The van der Waals surface area contributed by atoms with Crippen molar-refractivity contribution in [3.63, 3.8) is 0 Å². The lowest BCUT2D eigenvalue weighted by Crippen LogP contribution is -2.43. The SMILES string of the molecule is C=C1CCC(N2Cc3c(cccc3C(C)C)C2=O)C(=O)C1. The fraction of sp³-hybridized carbons (Fsp3) is 0.444. The van der Waals surface area contributed by atoms with Crippen molar-refractivity contribution in [1.82, 2.24) is 4.90 Å². The molecule has 1 fully saturated rings. The first-order valence-corrected chi connectivity index (χ1v) is 7.61. The lowest BCUT2D eigenvalue weighted by Gasteiger charge is -2.30. The van der Waals surface area contributed by atoms with Crippen molar-refractivity contribution >= 4 is 11.7 Å². The number of rotatable bonds is 2. The van der Waals surface area contributed by atoms with Crippen LogP contribution >= 0.6 is 0 Å². The molecule has 0 spiro atoms. The van der Waals surface area contributed by atoms with Crippen molar-refractivity contribution < 1.29 is 9.59 Å². The van der Waals surface area contributed by atoms with E-state index >= 15 is 0 Å². The minimum Gasteiger partial charge on any atom is -0.324 e. The monoisotopic (exact) mass is 283 g/mol. The molecule has 0 N–H and O–H groups in total. The Hall–Kier alpha value is -1.90. The quantitative estimate of drug-likeness (QED) is 0.780. The second-order valence-corrected chi connectivity index (χ2v) is 6.41. The predicted octanol–water partition coefficient (Wildman–Crippen LogP) is 3.44. The molecule has 1 amide bonds. The summed E-state index contributed by atoms with van der Waals surface area (Å²) in [6.45, 7) is 8.75. The van der Waals surface area contributed by atoms with Gasteiger partial charge in [0.15, 0.2) is 5.78 Å². The maximum absolute atomic E-state index is 12.6. The van der Waals surface area contributed by atoms with E-state index in [4.69, 9.17) is 0 Å². The van der Waals surface area contributed by atoms with Crippen LogP contribution in [0.5, 0.6) is 0 Å². The van der Waals surface area contributed by atoms with Gasteiger partial charge in [-0.2, -0.15) is 0 Å². The van der Waals surface area contributed by atoms with E-state index in [1.54, 1.807) is 4.90 Å². The van der Waals surface area contributed by atoms with Crippen LogP contribution < -0.4 is 0 Å². The summed E-state index contributed by atoms with van der Waals surface area (Å²) in [7, 11) is 0. The number of fused-ring (bicyclic) bond motifs is 1. The third kappa shape index (κ3) is 2.31. The first-order valence-electron chi connectivity index (χ1n) is 7.61. The molecule has 0 bridgehead atoms. The van der Waals surface area contributed by atoms with E-state index in [2.05, 4.69) is 26.5 Å². The molecule has 3 nitrogen and oxygen atoms in total. The van der Waals surface area contributed by atoms with Crippen molar-refractivity contribution in [2.24, 2.45) is 0 Å². The molecule has 1 atom stereocenters. The molecule has 1 unspecified atom stereocenters. The fourth-order valence-corrected chi connectivity index (χ4v) is 3.46. The maximum atomic E-state index is 12.6. The van der Waals surface area contributed by atoms with E-state index < -0.39 is 0 Å². The molecule has 1 heterocycles. The van der Waals surface area contributed by atoms with Crippen LogP contribution in [0, 0.1) is 0 Å². The van der Waals surface area contributed by atoms with Crippen LogP contribution in [0.2, 0.25) is 0 Å². The van der Waals surface area contributed by atoms with Crippen LogP contribution in [0.1, 0.15) is 60.5 Å². The maximum Gasteiger partial charge on any atom is 0.255 e. The minimum absolute atomic E-state index is 0.0124. The highest BCUT2D eigenvalue weighted by molar-refractivity contribution is 6.02. The smallest absolute Gasteiger partial charge is 0.255 e. The van der Waals surface area contributed by atoms with Gasteiger partial charge >= 0.3 is 0 Å². The molecule has 1 saturated carbocycles.